The lowest BCUT2D eigenvalue weighted by atomic mass is 10.1. The van der Waals surface area contributed by atoms with E-state index in [1.54, 1.807) is 31.4 Å². The minimum Gasteiger partial charge on any atom is -0.383 e. The van der Waals surface area contributed by atoms with Crippen LogP contribution in [-0.2, 0) is 16.1 Å². The van der Waals surface area contributed by atoms with E-state index in [1.165, 1.54) is 11.3 Å². The van der Waals surface area contributed by atoms with Crippen LogP contribution in [0.5, 0.6) is 0 Å². The summed E-state index contributed by atoms with van der Waals surface area (Å²) in [6, 6.07) is 10.7. The summed E-state index contributed by atoms with van der Waals surface area (Å²) >= 11 is 1.41. The van der Waals surface area contributed by atoms with E-state index in [0.29, 0.717) is 29.1 Å². The van der Waals surface area contributed by atoms with Gasteiger partial charge in [-0.2, -0.15) is 4.99 Å². The molecule has 2 aromatic carbocycles. The Morgan fingerprint density at radius 1 is 1.10 bits per heavy atom. The van der Waals surface area contributed by atoms with Crippen molar-refractivity contribution in [1.82, 2.24) is 9.47 Å². The number of fused-ring (bicyclic) bond motifs is 2. The summed E-state index contributed by atoms with van der Waals surface area (Å²) in [7, 11) is 1.62. The van der Waals surface area contributed by atoms with Crippen molar-refractivity contribution in [3.05, 3.63) is 63.5 Å². The molecule has 0 radical (unpaired) electrons. The number of carbonyl (C=O) groups excluding carboxylic acids is 3. The number of aryl methyl sites for hydroxylation is 2. The first kappa shape index (κ1) is 20.2. The number of rotatable bonds is 5. The van der Waals surface area contributed by atoms with Gasteiger partial charge < -0.3 is 9.30 Å². The molecule has 2 heterocycles. The lowest BCUT2D eigenvalue weighted by Crippen LogP contribution is -2.35. The third kappa shape index (κ3) is 3.48. The maximum absolute atomic E-state index is 12.7. The molecule has 7 nitrogen and oxygen atoms in total. The van der Waals surface area contributed by atoms with E-state index in [2.05, 4.69) is 17.1 Å². The highest BCUT2D eigenvalue weighted by Gasteiger charge is 2.36. The summed E-state index contributed by atoms with van der Waals surface area (Å²) in [5, 5.41) is 0. The molecule has 0 fully saturated rings. The van der Waals surface area contributed by atoms with Gasteiger partial charge in [0.05, 0.1) is 28.0 Å². The Labute approximate surface area is 177 Å². The number of thiazole rings is 1. The Hall–Kier alpha value is -3.10. The number of nitrogens with zero attached hydrogens (tertiary/aromatic N) is 3. The van der Waals surface area contributed by atoms with E-state index in [0.717, 1.165) is 26.2 Å². The Balaban J connectivity index is 1.69. The minimum absolute atomic E-state index is 0.318. The number of ether oxygens (including phenoxy) is 1. The van der Waals surface area contributed by atoms with Gasteiger partial charge in [-0.05, 0) is 43.2 Å². The standard InChI is InChI=1S/C22H21N3O4S/c1-13-10-14(2)19-17(11-13)30-22(24(19)8-9-29-3)23-18(26)12-25-20(27)15-6-4-5-7-16(15)21(25)28/h4-7,10-11H,8-9,12H2,1-3H3. The second-order valence-corrected chi connectivity index (χ2v) is 8.21. The monoisotopic (exact) mass is 423 g/mol. The van der Waals surface area contributed by atoms with Crippen molar-refractivity contribution in [2.24, 2.45) is 4.99 Å². The first-order valence-electron chi connectivity index (χ1n) is 9.53. The first-order chi connectivity index (χ1) is 14.4. The summed E-state index contributed by atoms with van der Waals surface area (Å²) in [5.74, 6) is -1.47. The van der Waals surface area contributed by atoms with Crippen LogP contribution in [0.25, 0.3) is 10.2 Å². The molecule has 154 valence electrons. The number of amides is 3. The molecule has 0 atom stereocenters. The van der Waals surface area contributed by atoms with Gasteiger partial charge in [0.1, 0.15) is 6.54 Å². The van der Waals surface area contributed by atoms with E-state index in [-0.39, 0.29) is 6.54 Å². The fourth-order valence-electron chi connectivity index (χ4n) is 3.73. The zero-order chi connectivity index (χ0) is 21.4. The van der Waals surface area contributed by atoms with Crippen molar-refractivity contribution in [3.8, 4) is 0 Å². The molecule has 1 aromatic heterocycles. The van der Waals surface area contributed by atoms with Crippen LogP contribution in [0, 0.1) is 13.8 Å². The SMILES string of the molecule is COCCn1c(=NC(=O)CN2C(=O)c3ccccc3C2=O)sc2cc(C)cc(C)c21. The van der Waals surface area contributed by atoms with Crippen molar-refractivity contribution in [3.63, 3.8) is 0 Å². The molecular weight excluding hydrogens is 402 g/mol. The average Bonchev–Trinajstić information content (AvgIpc) is 3.16. The summed E-state index contributed by atoms with van der Waals surface area (Å²) in [4.78, 5) is 43.5. The van der Waals surface area contributed by atoms with Gasteiger partial charge in [0.15, 0.2) is 4.80 Å². The van der Waals surface area contributed by atoms with E-state index < -0.39 is 17.7 Å². The molecule has 30 heavy (non-hydrogen) atoms. The number of imide groups is 1. The zero-order valence-electron chi connectivity index (χ0n) is 17.0. The number of aromatic nitrogens is 1. The Morgan fingerprint density at radius 3 is 2.40 bits per heavy atom. The van der Waals surface area contributed by atoms with E-state index >= 15 is 0 Å². The van der Waals surface area contributed by atoms with E-state index in [9.17, 15) is 14.4 Å². The van der Waals surface area contributed by atoms with Crippen LogP contribution < -0.4 is 4.80 Å². The van der Waals surface area contributed by atoms with Crippen molar-refractivity contribution in [2.75, 3.05) is 20.3 Å². The number of hydrogen-bond acceptors (Lipinski definition) is 5. The maximum Gasteiger partial charge on any atom is 0.268 e. The van der Waals surface area contributed by atoms with Gasteiger partial charge >= 0.3 is 0 Å². The van der Waals surface area contributed by atoms with Crippen LogP contribution >= 0.6 is 11.3 Å². The van der Waals surface area contributed by atoms with Crippen molar-refractivity contribution in [1.29, 1.82) is 0 Å². The highest BCUT2D eigenvalue weighted by atomic mass is 32.1. The molecule has 0 saturated carbocycles. The molecule has 3 aromatic rings. The van der Waals surface area contributed by atoms with E-state index in [1.807, 2.05) is 18.4 Å². The molecule has 3 amide bonds. The molecule has 0 spiro atoms. The molecule has 8 heteroatoms. The predicted molar refractivity (Wildman–Crippen MR) is 114 cm³/mol. The summed E-state index contributed by atoms with van der Waals surface area (Å²) in [6.45, 7) is 4.67. The highest BCUT2D eigenvalue weighted by Crippen LogP contribution is 2.24. The van der Waals surface area contributed by atoms with Crippen molar-refractivity contribution in [2.45, 2.75) is 20.4 Å². The number of methoxy groups -OCH3 is 1. The smallest absolute Gasteiger partial charge is 0.268 e. The van der Waals surface area contributed by atoms with Gasteiger partial charge in [-0.15, -0.1) is 0 Å². The van der Waals surface area contributed by atoms with Crippen LogP contribution in [0.15, 0.2) is 41.4 Å². The van der Waals surface area contributed by atoms with Crippen LogP contribution in [0.4, 0.5) is 0 Å². The molecular formula is C22H21N3O4S. The van der Waals surface area contributed by atoms with Crippen molar-refractivity contribution < 1.29 is 19.1 Å². The quantitative estimate of drug-likeness (QED) is 0.591. The number of benzene rings is 2. The number of carbonyl (C=O) groups is 3. The highest BCUT2D eigenvalue weighted by molar-refractivity contribution is 7.16. The van der Waals surface area contributed by atoms with Crippen LogP contribution in [0.3, 0.4) is 0 Å². The summed E-state index contributed by atoms with van der Waals surface area (Å²) in [5.41, 5.74) is 3.86. The second-order valence-electron chi connectivity index (χ2n) is 7.21. The molecule has 0 N–H and O–H groups in total. The largest absolute Gasteiger partial charge is 0.383 e. The van der Waals surface area contributed by atoms with Gasteiger partial charge in [0.2, 0.25) is 0 Å². The lowest BCUT2D eigenvalue weighted by molar-refractivity contribution is -0.118. The van der Waals surface area contributed by atoms with Crippen LogP contribution in [-0.4, -0.2) is 47.4 Å². The normalized spacial score (nSPS) is 14.1. The molecule has 0 aliphatic carbocycles. The minimum atomic E-state index is -0.545. The molecule has 1 aliphatic heterocycles. The third-order valence-electron chi connectivity index (χ3n) is 5.02. The first-order valence-corrected chi connectivity index (χ1v) is 10.3. The molecule has 1 aliphatic rings. The van der Waals surface area contributed by atoms with Gasteiger partial charge in [-0.3, -0.25) is 19.3 Å². The molecule has 0 unspecified atom stereocenters. The number of hydrogen-bond donors (Lipinski definition) is 0. The second kappa shape index (κ2) is 7.97. The van der Waals surface area contributed by atoms with Gasteiger partial charge in [-0.25, -0.2) is 0 Å². The summed E-state index contributed by atoms with van der Waals surface area (Å²) in [6.07, 6.45) is 0. The van der Waals surface area contributed by atoms with Gasteiger partial charge in [0.25, 0.3) is 17.7 Å². The predicted octanol–water partition coefficient (Wildman–Crippen LogP) is 2.69. The fraction of sp³-hybridized carbons (Fsp3) is 0.273. The molecule has 4 rings (SSSR count). The molecule has 0 saturated heterocycles. The Kier molecular flexibility index (Phi) is 5.36. The molecule has 0 bridgehead atoms. The van der Waals surface area contributed by atoms with Crippen molar-refractivity contribution >= 4 is 39.3 Å². The van der Waals surface area contributed by atoms with Gasteiger partial charge in [0, 0.05) is 13.7 Å². The Morgan fingerprint density at radius 2 is 1.77 bits per heavy atom. The lowest BCUT2D eigenvalue weighted by Gasteiger charge is -2.10. The Bertz CT molecular complexity index is 1220. The topological polar surface area (TPSA) is 81.0 Å². The van der Waals surface area contributed by atoms with E-state index in [4.69, 9.17) is 4.74 Å². The zero-order valence-corrected chi connectivity index (χ0v) is 17.8. The van der Waals surface area contributed by atoms with Crippen LogP contribution in [0.2, 0.25) is 0 Å². The summed E-state index contributed by atoms with van der Waals surface area (Å²) < 4.78 is 8.20. The third-order valence-corrected chi connectivity index (χ3v) is 6.05. The maximum atomic E-state index is 12.7. The fourth-order valence-corrected chi connectivity index (χ4v) is 4.98. The average molecular weight is 423 g/mol. The van der Waals surface area contributed by atoms with Gasteiger partial charge in [-0.1, -0.05) is 29.5 Å². The van der Waals surface area contributed by atoms with Crippen LogP contribution in [0.1, 0.15) is 31.8 Å².